The number of sulfonamides is 1. The molecular weight excluding hydrogens is 423 g/mol. The van der Waals surface area contributed by atoms with Gasteiger partial charge in [-0.3, -0.25) is 4.79 Å². The molecule has 26 heavy (non-hydrogen) atoms. The third-order valence-electron chi connectivity index (χ3n) is 4.38. The number of benzene rings is 2. The minimum absolute atomic E-state index is 0.141. The van der Waals surface area contributed by atoms with E-state index >= 15 is 0 Å². The average molecular weight is 441 g/mol. The van der Waals surface area contributed by atoms with Crippen LogP contribution in [-0.4, -0.2) is 31.2 Å². The lowest BCUT2D eigenvalue weighted by atomic mass is 10.1. The number of anilines is 1. The molecule has 0 spiro atoms. The van der Waals surface area contributed by atoms with Crippen molar-refractivity contribution in [3.05, 3.63) is 58.3 Å². The van der Waals surface area contributed by atoms with Crippen molar-refractivity contribution in [2.75, 3.05) is 11.9 Å². The summed E-state index contributed by atoms with van der Waals surface area (Å²) in [6, 6.07) is 9.59. The van der Waals surface area contributed by atoms with Gasteiger partial charge < -0.3 is 5.32 Å². The van der Waals surface area contributed by atoms with Crippen molar-refractivity contribution in [3.63, 3.8) is 0 Å². The highest BCUT2D eigenvalue weighted by atomic mass is 79.9. The summed E-state index contributed by atoms with van der Waals surface area (Å²) in [4.78, 5) is 12.8. The molecule has 0 saturated carbocycles. The molecule has 1 fully saturated rings. The van der Waals surface area contributed by atoms with E-state index in [1.165, 1.54) is 28.6 Å². The van der Waals surface area contributed by atoms with Gasteiger partial charge in [0.05, 0.1) is 4.90 Å². The standard InChI is InChI=1S/C18H18BrFN2O3S/c1-12-4-7-14(20)11-16(12)21-18(23)17-3-2-10-22(17)26(24,25)15-8-5-13(19)6-9-15/h4-9,11,17H,2-3,10H2,1H3,(H,21,23)/t17-/m1/s1. The zero-order valence-electron chi connectivity index (χ0n) is 14.1. The number of nitrogens with one attached hydrogen (secondary N) is 1. The van der Waals surface area contributed by atoms with Gasteiger partial charge in [-0.25, -0.2) is 12.8 Å². The molecule has 0 bridgehead atoms. The van der Waals surface area contributed by atoms with Gasteiger partial charge in [-0.05, 0) is 61.7 Å². The van der Waals surface area contributed by atoms with Crippen LogP contribution < -0.4 is 5.32 Å². The molecule has 8 heteroatoms. The third kappa shape index (κ3) is 3.82. The number of aryl methyl sites for hydroxylation is 1. The maximum absolute atomic E-state index is 13.4. The summed E-state index contributed by atoms with van der Waals surface area (Å²) in [6.07, 6.45) is 1.02. The fraction of sp³-hybridized carbons (Fsp3) is 0.278. The van der Waals surface area contributed by atoms with Crippen molar-refractivity contribution in [2.45, 2.75) is 30.7 Å². The summed E-state index contributed by atoms with van der Waals surface area (Å²) in [5, 5.41) is 2.66. The predicted octanol–water partition coefficient (Wildman–Crippen LogP) is 3.69. The molecule has 1 aliphatic rings. The molecule has 1 aliphatic heterocycles. The van der Waals surface area contributed by atoms with Gasteiger partial charge in [0.2, 0.25) is 15.9 Å². The molecule has 1 N–H and O–H groups in total. The van der Waals surface area contributed by atoms with Crippen LogP contribution in [0.25, 0.3) is 0 Å². The van der Waals surface area contributed by atoms with Gasteiger partial charge in [0.1, 0.15) is 11.9 Å². The molecule has 138 valence electrons. The summed E-state index contributed by atoms with van der Waals surface area (Å²) >= 11 is 3.28. The molecule has 5 nitrogen and oxygen atoms in total. The highest BCUT2D eigenvalue weighted by Crippen LogP contribution is 2.28. The summed E-state index contributed by atoms with van der Waals surface area (Å²) in [6.45, 7) is 2.03. The van der Waals surface area contributed by atoms with Crippen LogP contribution in [0.1, 0.15) is 18.4 Å². The van der Waals surface area contributed by atoms with Crippen LogP contribution in [0.5, 0.6) is 0 Å². The number of amides is 1. The summed E-state index contributed by atoms with van der Waals surface area (Å²) in [5.41, 5.74) is 1.06. The second-order valence-corrected chi connectivity index (χ2v) is 8.98. The Hall–Kier alpha value is -1.77. The van der Waals surface area contributed by atoms with Crippen LogP contribution >= 0.6 is 15.9 Å². The Morgan fingerprint density at radius 1 is 1.23 bits per heavy atom. The number of nitrogens with zero attached hydrogens (tertiary/aromatic N) is 1. The minimum atomic E-state index is -3.78. The third-order valence-corrected chi connectivity index (χ3v) is 6.84. The second-order valence-electron chi connectivity index (χ2n) is 6.18. The molecular formula is C18H18BrFN2O3S. The quantitative estimate of drug-likeness (QED) is 0.787. The van der Waals surface area contributed by atoms with Crippen LogP contribution in [0.3, 0.4) is 0 Å². The molecule has 0 radical (unpaired) electrons. The van der Waals surface area contributed by atoms with Crippen molar-refractivity contribution < 1.29 is 17.6 Å². The number of hydrogen-bond donors (Lipinski definition) is 1. The van der Waals surface area contributed by atoms with Crippen LogP contribution in [0.15, 0.2) is 51.8 Å². The molecule has 1 heterocycles. The minimum Gasteiger partial charge on any atom is -0.324 e. The van der Waals surface area contributed by atoms with E-state index in [1.807, 2.05) is 0 Å². The first-order chi connectivity index (χ1) is 12.3. The summed E-state index contributed by atoms with van der Waals surface area (Å²) < 4.78 is 41.2. The van der Waals surface area contributed by atoms with Gasteiger partial charge in [-0.15, -0.1) is 0 Å². The molecule has 1 saturated heterocycles. The summed E-state index contributed by atoms with van der Waals surface area (Å²) in [5.74, 6) is -0.909. The smallest absolute Gasteiger partial charge is 0.243 e. The summed E-state index contributed by atoms with van der Waals surface area (Å²) in [7, 11) is -3.78. The first kappa shape index (κ1) is 19.0. The van der Waals surface area contributed by atoms with Gasteiger partial charge in [0.25, 0.3) is 0 Å². The lowest BCUT2D eigenvalue weighted by molar-refractivity contribution is -0.119. The van der Waals surface area contributed by atoms with E-state index in [9.17, 15) is 17.6 Å². The maximum atomic E-state index is 13.4. The van der Waals surface area contributed by atoms with E-state index in [0.717, 1.165) is 4.47 Å². The molecule has 0 aliphatic carbocycles. The first-order valence-corrected chi connectivity index (χ1v) is 10.4. The van der Waals surface area contributed by atoms with Crippen molar-refractivity contribution in [2.24, 2.45) is 0 Å². The largest absolute Gasteiger partial charge is 0.324 e. The van der Waals surface area contributed by atoms with Crippen molar-refractivity contribution in [1.82, 2.24) is 4.31 Å². The highest BCUT2D eigenvalue weighted by molar-refractivity contribution is 9.10. The Morgan fingerprint density at radius 2 is 1.92 bits per heavy atom. The normalized spacial score (nSPS) is 18.0. The fourth-order valence-electron chi connectivity index (χ4n) is 2.98. The topological polar surface area (TPSA) is 66.5 Å². The zero-order valence-corrected chi connectivity index (χ0v) is 16.5. The van der Waals surface area contributed by atoms with E-state index < -0.39 is 27.8 Å². The van der Waals surface area contributed by atoms with Gasteiger partial charge in [-0.2, -0.15) is 4.31 Å². The monoisotopic (exact) mass is 440 g/mol. The molecule has 0 unspecified atom stereocenters. The van der Waals surface area contributed by atoms with E-state index in [1.54, 1.807) is 25.1 Å². The average Bonchev–Trinajstić information content (AvgIpc) is 3.09. The lowest BCUT2D eigenvalue weighted by Crippen LogP contribution is -2.43. The number of hydrogen-bond acceptors (Lipinski definition) is 3. The van der Waals surface area contributed by atoms with Crippen LogP contribution in [0.2, 0.25) is 0 Å². The predicted molar refractivity (Wildman–Crippen MR) is 101 cm³/mol. The second kappa shape index (κ2) is 7.46. The Kier molecular flexibility index (Phi) is 5.45. The Labute approximate surface area is 160 Å². The maximum Gasteiger partial charge on any atom is 0.243 e. The molecule has 2 aromatic rings. The fourth-order valence-corrected chi connectivity index (χ4v) is 4.90. The zero-order chi connectivity index (χ0) is 18.9. The van der Waals surface area contributed by atoms with Gasteiger partial charge in [0.15, 0.2) is 0 Å². The van der Waals surface area contributed by atoms with Crippen LogP contribution in [0, 0.1) is 12.7 Å². The number of carbonyl (C=O) groups is 1. The molecule has 2 aromatic carbocycles. The number of halogens is 2. The van der Waals surface area contributed by atoms with Crippen molar-refractivity contribution in [3.8, 4) is 0 Å². The van der Waals surface area contributed by atoms with E-state index in [4.69, 9.17) is 0 Å². The van der Waals surface area contributed by atoms with E-state index in [-0.39, 0.29) is 11.4 Å². The lowest BCUT2D eigenvalue weighted by Gasteiger charge is -2.23. The van der Waals surface area contributed by atoms with Gasteiger partial charge in [0, 0.05) is 16.7 Å². The molecule has 3 rings (SSSR count). The Morgan fingerprint density at radius 3 is 2.62 bits per heavy atom. The van der Waals surface area contributed by atoms with E-state index in [0.29, 0.717) is 24.1 Å². The SMILES string of the molecule is Cc1ccc(F)cc1NC(=O)[C@H]1CCCN1S(=O)(=O)c1ccc(Br)cc1. The number of rotatable bonds is 4. The van der Waals surface area contributed by atoms with Crippen molar-refractivity contribution >= 4 is 37.5 Å². The molecule has 1 atom stereocenters. The highest BCUT2D eigenvalue weighted by Gasteiger charge is 2.39. The van der Waals surface area contributed by atoms with Gasteiger partial charge >= 0.3 is 0 Å². The molecule has 1 amide bonds. The Balaban J connectivity index is 1.84. The number of carbonyl (C=O) groups excluding carboxylic acids is 1. The van der Waals surface area contributed by atoms with Gasteiger partial charge in [-0.1, -0.05) is 22.0 Å². The first-order valence-electron chi connectivity index (χ1n) is 8.13. The Bertz CT molecular complexity index is 932. The van der Waals surface area contributed by atoms with Crippen molar-refractivity contribution in [1.29, 1.82) is 0 Å². The van der Waals surface area contributed by atoms with Crippen LogP contribution in [0.4, 0.5) is 10.1 Å². The van der Waals surface area contributed by atoms with E-state index in [2.05, 4.69) is 21.2 Å². The molecule has 0 aromatic heterocycles. The van der Waals surface area contributed by atoms with Crippen LogP contribution in [-0.2, 0) is 14.8 Å².